The topological polar surface area (TPSA) is 62.2 Å². The van der Waals surface area contributed by atoms with Crippen molar-refractivity contribution in [1.29, 1.82) is 0 Å². The first-order chi connectivity index (χ1) is 13.5. The van der Waals surface area contributed by atoms with Crippen molar-refractivity contribution >= 4 is 23.2 Å². The highest BCUT2D eigenvalue weighted by atomic mass is 35.5. The van der Waals surface area contributed by atoms with Gasteiger partial charge < -0.3 is 19.7 Å². The molecule has 0 spiro atoms. The van der Waals surface area contributed by atoms with E-state index in [9.17, 15) is 10.2 Å². The van der Waals surface area contributed by atoms with Crippen LogP contribution in [0.5, 0.6) is 11.5 Å². The Bertz CT molecular complexity index is 748. The average Bonchev–Trinajstić information content (AvgIpc) is 3.16. The maximum atomic E-state index is 10.5. The summed E-state index contributed by atoms with van der Waals surface area (Å²) in [7, 11) is 0. The SMILES string of the molecule is Oc1ccccc1CN(CC(O)COc1c(Cl)cccc1Cl)CC1CCCO1. The summed E-state index contributed by atoms with van der Waals surface area (Å²) >= 11 is 12.2. The van der Waals surface area contributed by atoms with Crippen LogP contribution in [0.1, 0.15) is 18.4 Å². The van der Waals surface area contributed by atoms with E-state index in [1.807, 2.05) is 12.1 Å². The highest BCUT2D eigenvalue weighted by Crippen LogP contribution is 2.32. The molecule has 0 aromatic heterocycles. The zero-order valence-corrected chi connectivity index (χ0v) is 17.1. The van der Waals surface area contributed by atoms with Gasteiger partial charge in [0.15, 0.2) is 5.75 Å². The Hall–Kier alpha value is -1.50. The van der Waals surface area contributed by atoms with Crippen LogP contribution in [0.15, 0.2) is 42.5 Å². The fourth-order valence-electron chi connectivity index (χ4n) is 3.32. The van der Waals surface area contributed by atoms with Crippen molar-refractivity contribution in [3.8, 4) is 11.5 Å². The highest BCUT2D eigenvalue weighted by Gasteiger charge is 2.22. The lowest BCUT2D eigenvalue weighted by Crippen LogP contribution is -2.39. The van der Waals surface area contributed by atoms with Gasteiger partial charge in [0.05, 0.1) is 16.1 Å². The summed E-state index contributed by atoms with van der Waals surface area (Å²) < 4.78 is 11.4. The number of phenolic OH excluding ortho intramolecular Hbond substituents is 1. The molecule has 2 atom stereocenters. The number of benzene rings is 2. The summed E-state index contributed by atoms with van der Waals surface area (Å²) in [5, 5.41) is 21.4. The van der Waals surface area contributed by atoms with Gasteiger partial charge in [0, 0.05) is 31.8 Å². The van der Waals surface area contributed by atoms with E-state index in [0.717, 1.165) is 25.0 Å². The minimum atomic E-state index is -0.750. The number of aliphatic hydroxyl groups is 1. The van der Waals surface area contributed by atoms with Gasteiger partial charge in [-0.3, -0.25) is 4.90 Å². The largest absolute Gasteiger partial charge is 0.508 e. The number of ether oxygens (including phenoxy) is 2. The standard InChI is InChI=1S/C21H25Cl2NO4/c22-18-7-3-8-19(23)21(18)28-14-16(25)12-24(13-17-6-4-10-27-17)11-15-5-1-2-9-20(15)26/h1-3,5,7-9,16-17,25-26H,4,6,10-14H2. The number of hydrogen-bond donors (Lipinski definition) is 2. The van der Waals surface area contributed by atoms with E-state index in [2.05, 4.69) is 4.90 Å². The molecule has 0 amide bonds. The van der Waals surface area contributed by atoms with Gasteiger partial charge in [0.25, 0.3) is 0 Å². The van der Waals surface area contributed by atoms with Gasteiger partial charge in [-0.1, -0.05) is 47.5 Å². The molecule has 0 bridgehead atoms. The van der Waals surface area contributed by atoms with Gasteiger partial charge in [-0.2, -0.15) is 0 Å². The van der Waals surface area contributed by atoms with Gasteiger partial charge >= 0.3 is 0 Å². The van der Waals surface area contributed by atoms with Gasteiger partial charge in [-0.05, 0) is 31.0 Å². The lowest BCUT2D eigenvalue weighted by atomic mass is 10.1. The van der Waals surface area contributed by atoms with Gasteiger partial charge in [0.2, 0.25) is 0 Å². The molecule has 1 saturated heterocycles. The Morgan fingerprint density at radius 1 is 1.14 bits per heavy atom. The molecule has 2 unspecified atom stereocenters. The molecule has 1 aliphatic rings. The van der Waals surface area contributed by atoms with Crippen LogP contribution in [0.3, 0.4) is 0 Å². The quantitative estimate of drug-likeness (QED) is 0.632. The summed E-state index contributed by atoms with van der Waals surface area (Å²) in [6, 6.07) is 12.3. The van der Waals surface area contributed by atoms with E-state index in [4.69, 9.17) is 32.7 Å². The van der Waals surface area contributed by atoms with Crippen molar-refractivity contribution < 1.29 is 19.7 Å². The molecule has 1 heterocycles. The molecule has 0 aliphatic carbocycles. The van der Waals surface area contributed by atoms with Crippen molar-refractivity contribution in [1.82, 2.24) is 4.90 Å². The Morgan fingerprint density at radius 2 is 1.89 bits per heavy atom. The summed E-state index contributed by atoms with van der Waals surface area (Å²) in [6.07, 6.45) is 1.43. The molecule has 28 heavy (non-hydrogen) atoms. The van der Waals surface area contributed by atoms with E-state index in [1.54, 1.807) is 30.3 Å². The Balaban J connectivity index is 1.61. The monoisotopic (exact) mass is 425 g/mol. The number of aromatic hydroxyl groups is 1. The number of para-hydroxylation sites is 2. The number of aliphatic hydroxyl groups excluding tert-OH is 1. The van der Waals surface area contributed by atoms with E-state index in [1.165, 1.54) is 0 Å². The van der Waals surface area contributed by atoms with E-state index in [-0.39, 0.29) is 18.5 Å². The second-order valence-corrected chi connectivity index (χ2v) is 7.79. The normalized spacial score (nSPS) is 17.8. The Morgan fingerprint density at radius 3 is 2.57 bits per heavy atom. The Kier molecular flexibility index (Phi) is 7.82. The molecule has 0 radical (unpaired) electrons. The lowest BCUT2D eigenvalue weighted by molar-refractivity contribution is 0.0311. The van der Waals surface area contributed by atoms with Crippen LogP contribution in [0.25, 0.3) is 0 Å². The molecule has 7 heteroatoms. The second kappa shape index (κ2) is 10.3. The maximum absolute atomic E-state index is 10.5. The van der Waals surface area contributed by atoms with Crippen molar-refractivity contribution in [2.24, 2.45) is 0 Å². The lowest BCUT2D eigenvalue weighted by Gasteiger charge is -2.28. The van der Waals surface area contributed by atoms with Crippen molar-refractivity contribution in [3.05, 3.63) is 58.1 Å². The molecule has 2 N–H and O–H groups in total. The van der Waals surface area contributed by atoms with Gasteiger partial charge in [-0.25, -0.2) is 0 Å². The summed E-state index contributed by atoms with van der Waals surface area (Å²) in [5.41, 5.74) is 0.808. The minimum Gasteiger partial charge on any atom is -0.508 e. The zero-order valence-electron chi connectivity index (χ0n) is 15.6. The maximum Gasteiger partial charge on any atom is 0.156 e. The van der Waals surface area contributed by atoms with Crippen LogP contribution in [0.2, 0.25) is 10.0 Å². The van der Waals surface area contributed by atoms with Crippen LogP contribution in [-0.4, -0.2) is 53.6 Å². The molecule has 3 rings (SSSR count). The fraction of sp³-hybridized carbons (Fsp3) is 0.429. The van der Waals surface area contributed by atoms with Crippen molar-refractivity contribution in [3.63, 3.8) is 0 Å². The highest BCUT2D eigenvalue weighted by molar-refractivity contribution is 6.37. The number of hydrogen-bond acceptors (Lipinski definition) is 5. The molecule has 1 fully saturated rings. The van der Waals surface area contributed by atoms with Crippen molar-refractivity contribution in [2.45, 2.75) is 31.6 Å². The first kappa shape index (κ1) is 21.2. The minimum absolute atomic E-state index is 0.0618. The van der Waals surface area contributed by atoms with Crippen LogP contribution >= 0.6 is 23.2 Å². The molecule has 152 valence electrons. The summed E-state index contributed by atoms with van der Waals surface area (Å²) in [6.45, 7) is 2.39. The zero-order chi connectivity index (χ0) is 19.9. The summed E-state index contributed by atoms with van der Waals surface area (Å²) in [4.78, 5) is 2.08. The first-order valence-corrected chi connectivity index (χ1v) is 10.1. The van der Waals surface area contributed by atoms with Crippen LogP contribution in [0, 0.1) is 0 Å². The molecular weight excluding hydrogens is 401 g/mol. The molecule has 2 aromatic carbocycles. The molecular formula is C21H25Cl2NO4. The van der Waals surface area contributed by atoms with Crippen molar-refractivity contribution in [2.75, 3.05) is 26.3 Å². The molecule has 2 aromatic rings. The molecule has 0 saturated carbocycles. The number of phenols is 1. The molecule has 1 aliphatic heterocycles. The van der Waals surface area contributed by atoms with Crippen LogP contribution in [0.4, 0.5) is 0 Å². The second-order valence-electron chi connectivity index (χ2n) is 6.97. The van der Waals surface area contributed by atoms with E-state index in [0.29, 0.717) is 35.4 Å². The van der Waals surface area contributed by atoms with Crippen LogP contribution in [-0.2, 0) is 11.3 Å². The van der Waals surface area contributed by atoms with Crippen LogP contribution < -0.4 is 4.74 Å². The number of rotatable bonds is 9. The van der Waals surface area contributed by atoms with E-state index < -0.39 is 6.10 Å². The van der Waals surface area contributed by atoms with Gasteiger partial charge in [0.1, 0.15) is 18.5 Å². The third-order valence-corrected chi connectivity index (χ3v) is 5.27. The number of halogens is 2. The Labute approximate surface area is 175 Å². The predicted octanol–water partition coefficient (Wildman–Crippen LogP) is 4.12. The molecule has 5 nitrogen and oxygen atoms in total. The van der Waals surface area contributed by atoms with Gasteiger partial charge in [-0.15, -0.1) is 0 Å². The fourth-order valence-corrected chi connectivity index (χ4v) is 3.82. The smallest absolute Gasteiger partial charge is 0.156 e. The third kappa shape index (κ3) is 6.00. The van der Waals surface area contributed by atoms with E-state index >= 15 is 0 Å². The predicted molar refractivity (Wildman–Crippen MR) is 110 cm³/mol. The number of nitrogens with zero attached hydrogens (tertiary/aromatic N) is 1. The average molecular weight is 426 g/mol. The summed E-state index contributed by atoms with van der Waals surface area (Å²) in [5.74, 6) is 0.615. The first-order valence-electron chi connectivity index (χ1n) is 9.38. The third-order valence-electron chi connectivity index (χ3n) is 4.68.